The molecule has 108 valence electrons. The second kappa shape index (κ2) is 7.48. The molecule has 0 aliphatic rings. The van der Waals surface area contributed by atoms with Gasteiger partial charge in [-0.1, -0.05) is 4.82 Å². The van der Waals surface area contributed by atoms with Gasteiger partial charge < -0.3 is 13.0 Å². The first-order valence-corrected chi connectivity index (χ1v) is 19.3. The first kappa shape index (κ1) is 18.7. The van der Waals surface area contributed by atoms with Crippen LogP contribution in [0.15, 0.2) is 11.4 Å². The molecule has 0 aromatic carbocycles. The van der Waals surface area contributed by atoms with E-state index in [1.807, 2.05) is 13.1 Å². The third kappa shape index (κ3) is 7.99. The lowest BCUT2D eigenvalue weighted by Crippen LogP contribution is -2.44. The zero-order valence-corrected chi connectivity index (χ0v) is 18.8. The maximum Gasteiger partial charge on any atom is 0.207 e. The molecule has 0 rings (SSSR count). The van der Waals surface area contributed by atoms with Crippen molar-refractivity contribution in [2.75, 3.05) is 0 Å². The highest BCUT2D eigenvalue weighted by atomic mass is 28.4. The molecule has 0 saturated carbocycles. The third-order valence-corrected chi connectivity index (χ3v) is 22.0. The van der Waals surface area contributed by atoms with Gasteiger partial charge in [0.05, 0.1) is 0 Å². The van der Waals surface area contributed by atoms with Crippen LogP contribution in [0, 0.1) is 0 Å². The van der Waals surface area contributed by atoms with Crippen LogP contribution >= 0.6 is 0 Å². The SMILES string of the molecule is C=C([SiH](C)O[Si](C)(C)C[SiH2]O[SiH](C)C)[Si](C)(C)O. The van der Waals surface area contributed by atoms with Crippen molar-refractivity contribution >= 4 is 44.5 Å². The van der Waals surface area contributed by atoms with Crippen molar-refractivity contribution in [2.24, 2.45) is 0 Å². The van der Waals surface area contributed by atoms with E-state index in [0.29, 0.717) is 0 Å². The molecule has 18 heavy (non-hydrogen) atoms. The Morgan fingerprint density at radius 3 is 2.11 bits per heavy atom. The summed E-state index contributed by atoms with van der Waals surface area (Å²) in [5, 5.41) is 0. The fourth-order valence-electron chi connectivity index (χ4n) is 1.65. The summed E-state index contributed by atoms with van der Waals surface area (Å²) in [6, 6.07) is 0. The number of rotatable bonds is 8. The summed E-state index contributed by atoms with van der Waals surface area (Å²) in [6.45, 7) is 19.1. The Morgan fingerprint density at radius 2 is 1.72 bits per heavy atom. The number of hydrogen-bond acceptors (Lipinski definition) is 3. The van der Waals surface area contributed by atoms with E-state index in [4.69, 9.17) is 8.23 Å². The van der Waals surface area contributed by atoms with Gasteiger partial charge in [0.2, 0.25) is 8.32 Å². The van der Waals surface area contributed by atoms with Crippen LogP contribution in [0.25, 0.3) is 0 Å². The van der Waals surface area contributed by atoms with Gasteiger partial charge in [0.1, 0.15) is 9.76 Å². The molecule has 8 heteroatoms. The lowest BCUT2D eigenvalue weighted by atomic mass is 11.2. The molecule has 0 spiro atoms. The van der Waals surface area contributed by atoms with Crippen LogP contribution in [-0.2, 0) is 8.23 Å². The molecule has 1 N–H and O–H groups in total. The fraction of sp³-hybridized carbons (Fsp3) is 0.800. The highest BCUT2D eigenvalue weighted by molar-refractivity contribution is 6.95. The molecular formula is C10H30O3Si5. The van der Waals surface area contributed by atoms with Gasteiger partial charge in [-0.05, 0) is 51.5 Å². The molecule has 0 fully saturated rings. The zero-order valence-electron chi connectivity index (χ0n) is 13.0. The highest BCUT2D eigenvalue weighted by Crippen LogP contribution is 2.19. The van der Waals surface area contributed by atoms with Crippen LogP contribution in [0.3, 0.4) is 0 Å². The molecule has 1 atom stereocenters. The molecular weight excluding hydrogens is 309 g/mol. The Morgan fingerprint density at radius 1 is 1.22 bits per heavy atom. The first-order chi connectivity index (χ1) is 7.96. The van der Waals surface area contributed by atoms with Crippen LogP contribution in [0.5, 0.6) is 0 Å². The average Bonchev–Trinajstić information content (AvgIpc) is 2.13. The van der Waals surface area contributed by atoms with E-state index < -0.39 is 44.5 Å². The van der Waals surface area contributed by atoms with E-state index in [2.05, 4.69) is 39.3 Å². The van der Waals surface area contributed by atoms with Gasteiger partial charge in [0.25, 0.3) is 0 Å². The summed E-state index contributed by atoms with van der Waals surface area (Å²) in [7, 11) is -6.54. The van der Waals surface area contributed by atoms with E-state index in [-0.39, 0.29) is 0 Å². The highest BCUT2D eigenvalue weighted by Gasteiger charge is 2.32. The Labute approximate surface area is 120 Å². The van der Waals surface area contributed by atoms with E-state index >= 15 is 0 Å². The van der Waals surface area contributed by atoms with Crippen molar-refractivity contribution in [3.63, 3.8) is 0 Å². The van der Waals surface area contributed by atoms with Crippen LogP contribution in [0.1, 0.15) is 0 Å². The molecule has 0 aliphatic heterocycles. The lowest BCUT2D eigenvalue weighted by Gasteiger charge is -2.31. The molecule has 0 amide bonds. The average molecular weight is 339 g/mol. The molecule has 0 aromatic rings. The Bertz CT molecular complexity index is 275. The molecule has 0 heterocycles. The molecule has 0 aromatic heterocycles. The Hall–Kier alpha value is 0.704. The van der Waals surface area contributed by atoms with Gasteiger partial charge in [0, 0.05) is 0 Å². The van der Waals surface area contributed by atoms with Gasteiger partial charge in [-0.15, -0.1) is 6.58 Å². The largest absolute Gasteiger partial charge is 0.463 e. The predicted molar refractivity (Wildman–Crippen MR) is 93.7 cm³/mol. The minimum absolute atomic E-state index is 0.402. The summed E-state index contributed by atoms with van der Waals surface area (Å²) in [5.74, 6) is 0. The second-order valence-electron chi connectivity index (χ2n) is 6.27. The smallest absolute Gasteiger partial charge is 0.207 e. The third-order valence-electron chi connectivity index (χ3n) is 2.93. The van der Waals surface area contributed by atoms with Crippen molar-refractivity contribution in [1.82, 2.24) is 0 Å². The first-order valence-electron chi connectivity index (χ1n) is 6.67. The summed E-state index contributed by atoms with van der Waals surface area (Å²) in [4.78, 5) is 11.1. The standard InChI is InChI=1S/C10H30O3Si5/c1-10(18(7,8)11)16(4)13-17(5,6)9-14-12-15(2)3/h11,15-16H,1,9,14H2,2-8H3. The van der Waals surface area contributed by atoms with Crippen LogP contribution < -0.4 is 0 Å². The summed E-state index contributed by atoms with van der Waals surface area (Å²) in [5.41, 5.74) is 1.18. The van der Waals surface area contributed by atoms with Crippen molar-refractivity contribution in [1.29, 1.82) is 0 Å². The maximum absolute atomic E-state index is 10.1. The monoisotopic (exact) mass is 338 g/mol. The second-order valence-corrected chi connectivity index (χ2v) is 22.9. The van der Waals surface area contributed by atoms with Gasteiger partial charge in [-0.3, -0.25) is 0 Å². The van der Waals surface area contributed by atoms with Crippen LogP contribution in [-0.4, -0.2) is 49.3 Å². The van der Waals surface area contributed by atoms with E-state index in [1.54, 1.807) is 0 Å². The molecule has 0 aliphatic carbocycles. The van der Waals surface area contributed by atoms with Gasteiger partial charge >= 0.3 is 0 Å². The van der Waals surface area contributed by atoms with Gasteiger partial charge in [0.15, 0.2) is 26.4 Å². The van der Waals surface area contributed by atoms with E-state index in [9.17, 15) is 4.80 Å². The predicted octanol–water partition coefficient (Wildman–Crippen LogP) is 1.43. The minimum atomic E-state index is -2.22. The van der Waals surface area contributed by atoms with Crippen LogP contribution in [0.2, 0.25) is 51.5 Å². The quantitative estimate of drug-likeness (QED) is 0.681. The van der Waals surface area contributed by atoms with Crippen molar-refractivity contribution in [3.8, 4) is 0 Å². The van der Waals surface area contributed by atoms with E-state index in [0.717, 1.165) is 4.82 Å². The summed E-state index contributed by atoms with van der Waals surface area (Å²) >= 11 is 0. The fourth-order valence-corrected chi connectivity index (χ4v) is 17.5. The lowest BCUT2D eigenvalue weighted by molar-refractivity contribution is 0.553. The van der Waals surface area contributed by atoms with Crippen LogP contribution in [0.4, 0.5) is 0 Å². The summed E-state index contributed by atoms with van der Waals surface area (Å²) in [6.07, 6.45) is 0. The molecule has 0 saturated heterocycles. The minimum Gasteiger partial charge on any atom is -0.463 e. The van der Waals surface area contributed by atoms with Gasteiger partial charge in [-0.2, -0.15) is 0 Å². The zero-order chi connectivity index (χ0) is 14.6. The molecule has 1 unspecified atom stereocenters. The Kier molecular flexibility index (Phi) is 7.77. The topological polar surface area (TPSA) is 38.7 Å². The van der Waals surface area contributed by atoms with Crippen molar-refractivity contribution in [2.45, 2.75) is 51.5 Å². The normalized spacial score (nSPS) is 15.6. The summed E-state index contributed by atoms with van der Waals surface area (Å²) < 4.78 is 12.2. The van der Waals surface area contributed by atoms with Crippen molar-refractivity contribution in [3.05, 3.63) is 11.4 Å². The molecule has 3 nitrogen and oxygen atoms in total. The molecule has 0 radical (unpaired) electrons. The number of hydrogen-bond donors (Lipinski definition) is 1. The maximum atomic E-state index is 10.1. The molecule has 0 bridgehead atoms. The van der Waals surface area contributed by atoms with E-state index in [1.165, 1.54) is 5.67 Å². The Balaban J connectivity index is 4.27. The van der Waals surface area contributed by atoms with Gasteiger partial charge in [-0.25, -0.2) is 0 Å². The van der Waals surface area contributed by atoms with Crippen molar-refractivity contribution < 1.29 is 13.0 Å².